The fraction of sp³-hybridized carbons (Fsp3) is 0.304. The van der Waals surface area contributed by atoms with E-state index in [1.54, 1.807) is 6.07 Å². The highest BCUT2D eigenvalue weighted by atomic mass is 35.5. The number of fused-ring (bicyclic) bond motifs is 2. The van der Waals surface area contributed by atoms with E-state index in [9.17, 15) is 0 Å². The Bertz CT molecular complexity index is 1280. The molecule has 0 aliphatic carbocycles. The Morgan fingerprint density at radius 1 is 1.22 bits per heavy atom. The second-order valence-electron chi connectivity index (χ2n) is 8.63. The van der Waals surface area contributed by atoms with Crippen molar-refractivity contribution >= 4 is 40.0 Å². The number of nitrogens with one attached hydrogen (secondary N) is 1. The lowest BCUT2D eigenvalue weighted by atomic mass is 10.0. The lowest BCUT2D eigenvalue weighted by molar-refractivity contribution is 0.354. The van der Waals surface area contributed by atoms with Crippen molar-refractivity contribution in [3.8, 4) is 0 Å². The minimum absolute atomic E-state index is 0.273. The molecule has 0 bridgehead atoms. The summed E-state index contributed by atoms with van der Waals surface area (Å²) in [4.78, 5) is 16.0. The van der Waals surface area contributed by atoms with E-state index in [1.807, 2.05) is 49.0 Å². The van der Waals surface area contributed by atoms with Gasteiger partial charge in [-0.2, -0.15) is 5.10 Å². The van der Waals surface area contributed by atoms with Gasteiger partial charge in [-0.3, -0.25) is 9.67 Å². The SMILES string of the molecule is Cc1cc(N)nc(C)c1CNc1nc(Cl)cc2nn(CC3(C)CN4C=CC=CC4=N3)cc12. The van der Waals surface area contributed by atoms with Gasteiger partial charge in [-0.05, 0) is 50.1 Å². The number of allylic oxidation sites excluding steroid dienone is 2. The number of nitrogens with zero attached hydrogens (tertiary/aromatic N) is 6. The van der Waals surface area contributed by atoms with E-state index in [0.29, 0.717) is 29.9 Å². The number of aryl methyl sites for hydroxylation is 2. The van der Waals surface area contributed by atoms with Crippen LogP contribution in [0.5, 0.6) is 0 Å². The Morgan fingerprint density at radius 2 is 2.06 bits per heavy atom. The first-order chi connectivity index (χ1) is 15.3. The first kappa shape index (κ1) is 20.5. The van der Waals surface area contributed by atoms with Crippen LogP contribution >= 0.6 is 11.6 Å². The van der Waals surface area contributed by atoms with Crippen molar-refractivity contribution in [1.82, 2.24) is 24.6 Å². The fourth-order valence-corrected chi connectivity index (χ4v) is 4.58. The number of rotatable bonds is 5. The Labute approximate surface area is 191 Å². The maximum atomic E-state index is 6.31. The zero-order chi connectivity index (χ0) is 22.5. The van der Waals surface area contributed by atoms with Gasteiger partial charge in [0, 0.05) is 30.7 Å². The van der Waals surface area contributed by atoms with Gasteiger partial charge in [-0.1, -0.05) is 17.7 Å². The van der Waals surface area contributed by atoms with Crippen LogP contribution in [0.2, 0.25) is 5.15 Å². The molecule has 1 unspecified atom stereocenters. The minimum Gasteiger partial charge on any atom is -0.384 e. The molecule has 5 rings (SSSR count). The van der Waals surface area contributed by atoms with Crippen molar-refractivity contribution in [3.63, 3.8) is 0 Å². The van der Waals surface area contributed by atoms with Gasteiger partial charge in [0.25, 0.3) is 0 Å². The molecule has 164 valence electrons. The van der Waals surface area contributed by atoms with Crippen molar-refractivity contribution in [2.45, 2.75) is 39.4 Å². The van der Waals surface area contributed by atoms with Crippen molar-refractivity contribution in [2.75, 3.05) is 17.6 Å². The summed E-state index contributed by atoms with van der Waals surface area (Å²) < 4.78 is 1.94. The van der Waals surface area contributed by atoms with E-state index in [1.165, 1.54) is 0 Å². The van der Waals surface area contributed by atoms with Gasteiger partial charge in [-0.25, -0.2) is 9.97 Å². The number of amidine groups is 1. The van der Waals surface area contributed by atoms with Gasteiger partial charge in [0.2, 0.25) is 0 Å². The van der Waals surface area contributed by atoms with Crippen LogP contribution in [0.15, 0.2) is 47.7 Å². The van der Waals surface area contributed by atoms with Gasteiger partial charge < -0.3 is 16.0 Å². The van der Waals surface area contributed by atoms with E-state index in [4.69, 9.17) is 27.4 Å². The smallest absolute Gasteiger partial charge is 0.139 e. The summed E-state index contributed by atoms with van der Waals surface area (Å²) in [7, 11) is 0. The highest BCUT2D eigenvalue weighted by Gasteiger charge is 2.34. The Balaban J connectivity index is 1.41. The Morgan fingerprint density at radius 3 is 2.84 bits per heavy atom. The standard InChI is InChI=1S/C23H25ClN8/c1-14-8-20(25)27-15(2)16(14)10-26-22-17-11-32(30-18(17)9-19(24)28-22)13-23(3)12-31-7-5-4-6-21(31)29-23/h4-9,11H,10,12-13H2,1-3H3,(H2,25,27)(H,26,28). The van der Waals surface area contributed by atoms with Crippen LogP contribution in [0, 0.1) is 13.8 Å². The van der Waals surface area contributed by atoms with Crippen molar-refractivity contribution in [3.05, 3.63) is 64.7 Å². The zero-order valence-electron chi connectivity index (χ0n) is 18.3. The van der Waals surface area contributed by atoms with Crippen LogP contribution in [0.3, 0.4) is 0 Å². The molecular weight excluding hydrogens is 424 g/mol. The number of aromatic nitrogens is 4. The predicted molar refractivity (Wildman–Crippen MR) is 129 cm³/mol. The topological polar surface area (TPSA) is 97.2 Å². The van der Waals surface area contributed by atoms with Crippen molar-refractivity contribution in [1.29, 1.82) is 0 Å². The van der Waals surface area contributed by atoms with Crippen LogP contribution in [0.4, 0.5) is 11.6 Å². The van der Waals surface area contributed by atoms with E-state index in [-0.39, 0.29) is 5.54 Å². The number of hydrogen-bond acceptors (Lipinski definition) is 7. The molecule has 2 aliphatic rings. The van der Waals surface area contributed by atoms with Crippen molar-refractivity contribution < 1.29 is 0 Å². The number of anilines is 2. The molecule has 1 atom stereocenters. The van der Waals surface area contributed by atoms with Gasteiger partial charge in [0.05, 0.1) is 29.5 Å². The lowest BCUT2D eigenvalue weighted by Gasteiger charge is -2.22. The third kappa shape index (κ3) is 3.82. The van der Waals surface area contributed by atoms with Crippen LogP contribution < -0.4 is 11.1 Å². The van der Waals surface area contributed by atoms with E-state index < -0.39 is 0 Å². The number of nitrogens with two attached hydrogens (primary N) is 1. The van der Waals surface area contributed by atoms with Crippen LogP contribution in [0.25, 0.3) is 10.9 Å². The number of halogens is 1. The Hall–Kier alpha value is -3.39. The van der Waals surface area contributed by atoms with E-state index in [0.717, 1.165) is 40.1 Å². The highest BCUT2D eigenvalue weighted by Crippen LogP contribution is 2.29. The van der Waals surface area contributed by atoms with Gasteiger partial charge >= 0.3 is 0 Å². The molecule has 3 N–H and O–H groups in total. The minimum atomic E-state index is -0.273. The number of hydrogen-bond donors (Lipinski definition) is 2. The molecule has 0 aromatic carbocycles. The highest BCUT2D eigenvalue weighted by molar-refractivity contribution is 6.30. The molecular formula is C23H25ClN8. The molecule has 32 heavy (non-hydrogen) atoms. The second-order valence-corrected chi connectivity index (χ2v) is 9.02. The molecule has 0 amide bonds. The number of pyridine rings is 2. The molecule has 2 aliphatic heterocycles. The summed E-state index contributed by atoms with van der Waals surface area (Å²) in [6.07, 6.45) is 10.1. The summed E-state index contributed by atoms with van der Waals surface area (Å²) in [5.41, 5.74) is 9.46. The normalized spacial score (nSPS) is 19.5. The first-order valence-electron chi connectivity index (χ1n) is 10.5. The number of aliphatic imine (C=N–C) groups is 1. The molecule has 0 fully saturated rings. The molecule has 0 saturated heterocycles. The molecule has 3 aromatic heterocycles. The first-order valence-corrected chi connectivity index (χ1v) is 10.9. The van der Waals surface area contributed by atoms with E-state index in [2.05, 4.69) is 33.3 Å². The van der Waals surface area contributed by atoms with Crippen LogP contribution in [0.1, 0.15) is 23.7 Å². The van der Waals surface area contributed by atoms with Gasteiger partial charge in [-0.15, -0.1) is 0 Å². The second kappa shape index (κ2) is 7.63. The summed E-state index contributed by atoms with van der Waals surface area (Å²) in [6.45, 7) is 8.17. The average Bonchev–Trinajstić information content (AvgIpc) is 3.25. The Kier molecular flexibility index (Phi) is 4.89. The quantitative estimate of drug-likeness (QED) is 0.575. The molecule has 0 radical (unpaired) electrons. The summed E-state index contributed by atoms with van der Waals surface area (Å²) >= 11 is 6.31. The maximum absolute atomic E-state index is 6.31. The van der Waals surface area contributed by atoms with Crippen LogP contribution in [-0.4, -0.2) is 42.6 Å². The zero-order valence-corrected chi connectivity index (χ0v) is 19.1. The lowest BCUT2D eigenvalue weighted by Crippen LogP contribution is -2.35. The van der Waals surface area contributed by atoms with Crippen molar-refractivity contribution in [2.24, 2.45) is 4.99 Å². The van der Waals surface area contributed by atoms with E-state index >= 15 is 0 Å². The molecule has 8 nitrogen and oxygen atoms in total. The average molecular weight is 449 g/mol. The van der Waals surface area contributed by atoms with Gasteiger partial charge in [0.15, 0.2) is 0 Å². The third-order valence-electron chi connectivity index (χ3n) is 5.84. The maximum Gasteiger partial charge on any atom is 0.139 e. The molecule has 0 saturated carbocycles. The monoisotopic (exact) mass is 448 g/mol. The predicted octanol–water partition coefficient (Wildman–Crippen LogP) is 3.85. The molecule has 5 heterocycles. The number of nitrogen functional groups attached to an aromatic ring is 1. The summed E-state index contributed by atoms with van der Waals surface area (Å²) in [6, 6.07) is 3.67. The summed E-state index contributed by atoms with van der Waals surface area (Å²) in [5, 5.41) is 9.49. The summed E-state index contributed by atoms with van der Waals surface area (Å²) in [5.74, 6) is 2.21. The molecule has 9 heteroatoms. The third-order valence-corrected chi connectivity index (χ3v) is 6.03. The largest absolute Gasteiger partial charge is 0.384 e. The molecule has 0 spiro atoms. The van der Waals surface area contributed by atoms with Crippen LogP contribution in [-0.2, 0) is 13.1 Å². The fourth-order valence-electron chi connectivity index (χ4n) is 4.40. The van der Waals surface area contributed by atoms with Gasteiger partial charge in [0.1, 0.15) is 22.6 Å². The molecule has 3 aromatic rings.